The van der Waals surface area contributed by atoms with E-state index in [0.717, 1.165) is 84.4 Å². The number of aliphatic hydroxyl groups is 1. The Bertz CT molecular complexity index is 579. The first-order valence-corrected chi connectivity index (χ1v) is 14.6. The molecule has 3 amide bonds. The molecule has 1 atom stereocenters. The van der Waals surface area contributed by atoms with Gasteiger partial charge in [0, 0.05) is 45.5 Å². The molecule has 9 heteroatoms. The van der Waals surface area contributed by atoms with E-state index in [1.54, 1.807) is 0 Å². The molecule has 224 valence electrons. The summed E-state index contributed by atoms with van der Waals surface area (Å²) < 4.78 is 0. The van der Waals surface area contributed by atoms with Gasteiger partial charge in [-0.15, -0.1) is 0 Å². The van der Waals surface area contributed by atoms with Crippen LogP contribution in [0.4, 0.5) is 0 Å². The van der Waals surface area contributed by atoms with Gasteiger partial charge in [-0.25, -0.2) is 0 Å². The van der Waals surface area contributed by atoms with E-state index < -0.39 is 0 Å². The van der Waals surface area contributed by atoms with Crippen LogP contribution >= 0.6 is 0 Å². The smallest absolute Gasteiger partial charge is 0.220 e. The number of aliphatic hydroxyl groups excluding tert-OH is 1. The van der Waals surface area contributed by atoms with Crippen LogP contribution in [0.5, 0.6) is 0 Å². The Hall–Kier alpha value is -2.15. The Morgan fingerprint density at radius 2 is 1.37 bits per heavy atom. The molecule has 0 saturated carbocycles. The summed E-state index contributed by atoms with van der Waals surface area (Å²) in [6.07, 6.45) is 15.8. The number of carbonyl (C=O) groups excluding carboxylic acids is 3. The van der Waals surface area contributed by atoms with Gasteiger partial charge in [-0.3, -0.25) is 25.7 Å². The number of carbonyl (C=O) groups is 3. The number of hydrazine groups is 1. The number of nitrogens with one attached hydrogen (secondary N) is 4. The maximum atomic E-state index is 11.6. The zero-order chi connectivity index (χ0) is 29.1. The van der Waals surface area contributed by atoms with Crippen LogP contribution in [-0.4, -0.2) is 56.6 Å². The first-order valence-electron chi connectivity index (χ1n) is 14.6. The highest BCUT2D eigenvalue weighted by molar-refractivity contribution is 5.76. The molecule has 0 aliphatic carbocycles. The lowest BCUT2D eigenvalue weighted by atomic mass is 9.98. The molecular formula is C29H59N5O4. The summed E-state index contributed by atoms with van der Waals surface area (Å²) in [5.41, 5.74) is 2.60. The summed E-state index contributed by atoms with van der Waals surface area (Å²) >= 11 is 0. The van der Waals surface area contributed by atoms with Crippen LogP contribution in [0.2, 0.25) is 0 Å². The molecule has 0 heterocycles. The van der Waals surface area contributed by atoms with Crippen molar-refractivity contribution in [3.63, 3.8) is 0 Å². The quantitative estimate of drug-likeness (QED) is 0.0406. The molecule has 1 unspecified atom stereocenters. The summed E-state index contributed by atoms with van der Waals surface area (Å²) in [4.78, 5) is 32.9. The number of amides is 3. The van der Waals surface area contributed by atoms with Crippen LogP contribution in [0.25, 0.3) is 0 Å². The minimum absolute atomic E-state index is 0.0678. The van der Waals surface area contributed by atoms with Crippen molar-refractivity contribution < 1.29 is 19.5 Å². The van der Waals surface area contributed by atoms with Crippen molar-refractivity contribution in [3.8, 4) is 11.8 Å². The Balaban J connectivity index is -0.000000659. The molecule has 0 aliphatic heterocycles. The molecule has 7 N–H and O–H groups in total. The first kappa shape index (κ1) is 40.3. The highest BCUT2D eigenvalue weighted by Crippen LogP contribution is 2.13. The lowest BCUT2D eigenvalue weighted by Gasteiger charge is -2.07. The van der Waals surface area contributed by atoms with Gasteiger partial charge in [0.25, 0.3) is 0 Å². The molecule has 0 aromatic carbocycles. The van der Waals surface area contributed by atoms with Gasteiger partial charge in [0.15, 0.2) is 0 Å². The fourth-order valence-corrected chi connectivity index (χ4v) is 3.44. The van der Waals surface area contributed by atoms with Gasteiger partial charge < -0.3 is 21.1 Å². The van der Waals surface area contributed by atoms with Crippen LogP contribution in [0, 0.1) is 17.8 Å². The Kier molecular flexibility index (Phi) is 39.3. The standard InChI is InChI=1S/C18H32N2O2.C10H23N3O.CH4O/c1-3-5-11-17(10-4-2)12-9-15-20-18(22)13-7-6-8-14-19-16-21;1-2-3-8-12-10(14)7-5-4-6-9-13-11;1-2/h16-17H,3-8,10-11,13-15H2,1-2H3,(H,19,21)(H,20,22);13H,2-9,11H2,1H3,(H,12,14);2H,1H3. The summed E-state index contributed by atoms with van der Waals surface area (Å²) in [6.45, 7) is 9.30. The van der Waals surface area contributed by atoms with Crippen molar-refractivity contribution in [1.82, 2.24) is 21.4 Å². The minimum atomic E-state index is 0.0678. The third-order valence-corrected chi connectivity index (χ3v) is 5.61. The second kappa shape index (κ2) is 37.0. The van der Waals surface area contributed by atoms with Gasteiger partial charge in [0.05, 0.1) is 6.54 Å². The summed E-state index contributed by atoms with van der Waals surface area (Å²) in [6, 6.07) is 0. The fourth-order valence-electron chi connectivity index (χ4n) is 3.44. The first-order chi connectivity index (χ1) is 18.5. The lowest BCUT2D eigenvalue weighted by molar-refractivity contribution is -0.121. The van der Waals surface area contributed by atoms with E-state index in [0.29, 0.717) is 38.3 Å². The monoisotopic (exact) mass is 541 g/mol. The van der Waals surface area contributed by atoms with Crippen LogP contribution in [-0.2, 0) is 14.4 Å². The van der Waals surface area contributed by atoms with Crippen LogP contribution in [0.15, 0.2) is 0 Å². The van der Waals surface area contributed by atoms with Gasteiger partial charge in [-0.1, -0.05) is 71.1 Å². The zero-order valence-corrected chi connectivity index (χ0v) is 24.8. The molecule has 0 bridgehead atoms. The van der Waals surface area contributed by atoms with E-state index in [1.165, 1.54) is 19.3 Å². The van der Waals surface area contributed by atoms with Crippen molar-refractivity contribution in [3.05, 3.63) is 0 Å². The topological polar surface area (TPSA) is 146 Å². The third-order valence-electron chi connectivity index (χ3n) is 5.61. The minimum Gasteiger partial charge on any atom is -0.400 e. The van der Waals surface area contributed by atoms with E-state index in [2.05, 4.69) is 54.0 Å². The molecule has 0 aromatic rings. The molecule has 0 rings (SSSR count). The predicted molar refractivity (Wildman–Crippen MR) is 158 cm³/mol. The molecule has 0 aromatic heterocycles. The Morgan fingerprint density at radius 1 is 0.763 bits per heavy atom. The highest BCUT2D eigenvalue weighted by atomic mass is 16.2. The summed E-state index contributed by atoms with van der Waals surface area (Å²) in [7, 11) is 1.00. The van der Waals surface area contributed by atoms with E-state index in [9.17, 15) is 14.4 Å². The Morgan fingerprint density at radius 3 is 1.92 bits per heavy atom. The van der Waals surface area contributed by atoms with E-state index >= 15 is 0 Å². The van der Waals surface area contributed by atoms with Crippen molar-refractivity contribution in [2.75, 3.05) is 33.3 Å². The van der Waals surface area contributed by atoms with Crippen molar-refractivity contribution >= 4 is 18.2 Å². The van der Waals surface area contributed by atoms with Gasteiger partial charge in [-0.2, -0.15) is 0 Å². The van der Waals surface area contributed by atoms with E-state index in [-0.39, 0.29) is 11.8 Å². The summed E-state index contributed by atoms with van der Waals surface area (Å²) in [5.74, 6) is 12.2. The number of hydrogen-bond acceptors (Lipinski definition) is 6. The number of unbranched alkanes of at least 4 members (excludes halogenated alkanes) is 6. The Labute approximate surface area is 233 Å². The third kappa shape index (κ3) is 36.0. The molecule has 38 heavy (non-hydrogen) atoms. The average molecular weight is 542 g/mol. The van der Waals surface area contributed by atoms with Gasteiger partial charge >= 0.3 is 0 Å². The maximum absolute atomic E-state index is 11.6. The highest BCUT2D eigenvalue weighted by Gasteiger charge is 2.03. The van der Waals surface area contributed by atoms with Crippen molar-refractivity contribution in [1.29, 1.82) is 0 Å². The second-order valence-electron chi connectivity index (χ2n) is 9.08. The zero-order valence-electron chi connectivity index (χ0n) is 24.8. The second-order valence-corrected chi connectivity index (χ2v) is 9.08. The molecular weight excluding hydrogens is 482 g/mol. The predicted octanol–water partition coefficient (Wildman–Crippen LogP) is 3.55. The van der Waals surface area contributed by atoms with Gasteiger partial charge in [0.1, 0.15) is 0 Å². The largest absolute Gasteiger partial charge is 0.400 e. The molecule has 0 spiro atoms. The molecule has 0 aliphatic rings. The van der Waals surface area contributed by atoms with Gasteiger partial charge in [-0.05, 0) is 44.9 Å². The van der Waals surface area contributed by atoms with E-state index in [4.69, 9.17) is 10.9 Å². The van der Waals surface area contributed by atoms with Crippen LogP contribution in [0.1, 0.15) is 117 Å². The van der Waals surface area contributed by atoms with E-state index in [1.807, 2.05) is 0 Å². The number of hydrogen-bond donors (Lipinski definition) is 6. The normalized spacial score (nSPS) is 10.4. The van der Waals surface area contributed by atoms with Crippen molar-refractivity contribution in [2.45, 2.75) is 117 Å². The summed E-state index contributed by atoms with van der Waals surface area (Å²) in [5, 5.41) is 15.4. The van der Waals surface area contributed by atoms with Crippen LogP contribution in [0.3, 0.4) is 0 Å². The molecule has 0 fully saturated rings. The van der Waals surface area contributed by atoms with Gasteiger partial charge in [0.2, 0.25) is 18.2 Å². The van der Waals surface area contributed by atoms with Crippen molar-refractivity contribution in [2.24, 2.45) is 11.8 Å². The molecule has 9 nitrogen and oxygen atoms in total. The van der Waals surface area contributed by atoms with Crippen LogP contribution < -0.4 is 27.2 Å². The average Bonchev–Trinajstić information content (AvgIpc) is 2.93. The molecule has 0 radical (unpaired) electrons. The number of rotatable bonds is 22. The number of nitrogens with two attached hydrogens (primary N) is 1. The fraction of sp³-hybridized carbons (Fsp3) is 0.828. The lowest BCUT2D eigenvalue weighted by Crippen LogP contribution is -2.24. The maximum Gasteiger partial charge on any atom is 0.220 e. The SMILES string of the molecule is CCCCC(C#CCNC(=O)CCCCCNC=O)CCC.CCCCNC(=O)CCCCCNN.CO. The molecule has 0 saturated heterocycles.